The molecule has 0 radical (unpaired) electrons. The van der Waals surface area contributed by atoms with Crippen molar-refractivity contribution >= 4 is 17.5 Å². The highest BCUT2D eigenvalue weighted by atomic mass is 16.7. The van der Waals surface area contributed by atoms with E-state index in [0.717, 1.165) is 73.6 Å². The van der Waals surface area contributed by atoms with Gasteiger partial charge >= 0.3 is 6.09 Å². The summed E-state index contributed by atoms with van der Waals surface area (Å²) in [6, 6.07) is 26.3. The maximum absolute atomic E-state index is 15.3. The maximum Gasteiger partial charge on any atom is 0.410 e. The number of amides is 1. The molecule has 4 aromatic carbocycles. The Morgan fingerprint density at radius 3 is 2.29 bits per heavy atom. The second-order valence-corrected chi connectivity index (χ2v) is 20.5. The average molecular weight is 1040 g/mol. The summed E-state index contributed by atoms with van der Waals surface area (Å²) in [5.41, 5.74) is 3.99. The molecule has 2 heterocycles. The molecule has 0 aromatic heterocycles. The fourth-order valence-corrected chi connectivity index (χ4v) is 11.6. The molecular weight excluding hydrogens is 967 g/mol. The minimum atomic E-state index is -1.56. The number of carbonyl (C=O) groups excluding carboxylic acids is 1. The predicted octanol–water partition coefficient (Wildman–Crippen LogP) is 13.5. The Balaban J connectivity index is 1.24. The molecule has 4 aromatic rings. The number of ether oxygens (including phenoxy) is 6. The Bertz CT molecular complexity index is 2590. The number of aliphatic hydroxyl groups is 2. The van der Waals surface area contributed by atoms with Crippen LogP contribution in [0.3, 0.4) is 0 Å². The standard InChI is InChI=1S/C61H77N3O12/c1-3-5-6-7-8-9-10-11-12-20-35-70-60(67)63(41-45-28-30-55-56(36-45)72-43-71-55)57-40-53(62-74-42-44-22-14-13-15-23-44)51-37-46(24-16-18-32-65)50(27-17-19-33-66)58-52-39-49(75-48-26-21-25-47(38-48)64(68)69)29-31-54(52)76-61(57,59(51)58)73-34-4-2/h4,13-15,21-23,25-26,28-31,36-39,46,50,57-59,65-66H,2-3,5-12,16-20,24,27,32-35,40-43H2,1H3/t46-,50+,57-,58+,59+,61+/m0/s1. The van der Waals surface area contributed by atoms with Crippen molar-refractivity contribution < 1.29 is 53.2 Å². The number of oxime groups is 1. The number of allylic oxidation sites excluding steroid dienone is 1. The molecule has 4 aliphatic rings. The molecule has 2 N–H and O–H groups in total. The van der Waals surface area contributed by atoms with Gasteiger partial charge in [0.1, 0.15) is 29.9 Å². The topological polar surface area (TPSA) is 181 Å². The lowest BCUT2D eigenvalue weighted by Crippen LogP contribution is -2.70. The van der Waals surface area contributed by atoms with E-state index in [0.29, 0.717) is 47.3 Å². The van der Waals surface area contributed by atoms with Gasteiger partial charge in [-0.05, 0) is 97.0 Å². The van der Waals surface area contributed by atoms with Crippen molar-refractivity contribution in [2.45, 2.75) is 147 Å². The van der Waals surface area contributed by atoms with Gasteiger partial charge in [0.15, 0.2) is 11.5 Å². The summed E-state index contributed by atoms with van der Waals surface area (Å²) in [5, 5.41) is 37.0. The minimum absolute atomic E-state index is 0.0162. The number of hydrogen-bond acceptors (Lipinski definition) is 13. The zero-order valence-corrected chi connectivity index (χ0v) is 44.2. The highest BCUT2D eigenvalue weighted by Gasteiger charge is 2.66. The first kappa shape index (κ1) is 55.8. The van der Waals surface area contributed by atoms with Crippen molar-refractivity contribution in [2.75, 3.05) is 33.2 Å². The van der Waals surface area contributed by atoms with Gasteiger partial charge in [0, 0.05) is 43.7 Å². The number of aliphatic hydroxyl groups excluding tert-OH is 2. The summed E-state index contributed by atoms with van der Waals surface area (Å²) < 4.78 is 39.0. The van der Waals surface area contributed by atoms with Gasteiger partial charge in [-0.2, -0.15) is 0 Å². The molecule has 76 heavy (non-hydrogen) atoms. The van der Waals surface area contributed by atoms with E-state index in [2.05, 4.69) is 19.6 Å². The third-order valence-corrected chi connectivity index (χ3v) is 15.3. The van der Waals surface area contributed by atoms with Crippen LogP contribution in [0.2, 0.25) is 0 Å². The molecule has 1 fully saturated rings. The number of unbranched alkanes of at least 4 members (excludes halogenated alkanes) is 11. The van der Waals surface area contributed by atoms with Crippen LogP contribution < -0.4 is 18.9 Å². The average Bonchev–Trinajstić information content (AvgIpc) is 4.03. The molecule has 0 unspecified atom stereocenters. The third-order valence-electron chi connectivity index (χ3n) is 15.3. The Morgan fingerprint density at radius 1 is 0.816 bits per heavy atom. The van der Waals surface area contributed by atoms with E-state index in [9.17, 15) is 20.3 Å². The molecule has 15 nitrogen and oxygen atoms in total. The summed E-state index contributed by atoms with van der Waals surface area (Å²) in [6.45, 7) is 7.14. The van der Waals surface area contributed by atoms with Crippen molar-refractivity contribution in [2.24, 2.45) is 22.9 Å². The van der Waals surface area contributed by atoms with Crippen LogP contribution >= 0.6 is 0 Å². The van der Waals surface area contributed by atoms with Crippen LogP contribution in [0.4, 0.5) is 10.5 Å². The van der Waals surface area contributed by atoms with Gasteiger partial charge in [0.25, 0.3) is 5.69 Å². The van der Waals surface area contributed by atoms with Gasteiger partial charge in [-0.15, -0.1) is 6.58 Å². The van der Waals surface area contributed by atoms with E-state index in [-0.39, 0.29) is 76.2 Å². The number of hydrogen-bond donors (Lipinski definition) is 2. The fraction of sp³-hybridized carbons (Fsp3) is 0.508. The zero-order valence-electron chi connectivity index (χ0n) is 44.2. The Hall–Kier alpha value is -6.42. The highest BCUT2D eigenvalue weighted by Crippen LogP contribution is 2.62. The molecule has 15 heteroatoms. The van der Waals surface area contributed by atoms with Crippen molar-refractivity contribution in [3.63, 3.8) is 0 Å². The number of carbonyl (C=O) groups is 1. The molecule has 0 bridgehead atoms. The van der Waals surface area contributed by atoms with E-state index in [1.165, 1.54) is 50.7 Å². The third kappa shape index (κ3) is 13.9. The summed E-state index contributed by atoms with van der Waals surface area (Å²) in [4.78, 5) is 34.7. The molecule has 0 spiro atoms. The SMILES string of the molecule is C=CCO[C@@]12Oc3ccc(Oc4cccc([N+](=O)[O-])c4)cc3[C@H]3[C@H](CCCCO)[C@@H](CCCCO)C=C(C(=NOCc4ccccc4)C[C@@H]1N(Cc1ccc4c(c1)OCO4)C(=O)OCCCCCCCCCCCC)[C@H]32. The summed E-state index contributed by atoms with van der Waals surface area (Å²) in [6.07, 6.45) is 19.3. The first-order valence-corrected chi connectivity index (χ1v) is 27.7. The number of fused-ring (bicyclic) bond motifs is 3. The molecular formula is C61H77N3O12. The Kier molecular flexibility index (Phi) is 20.6. The van der Waals surface area contributed by atoms with Gasteiger partial charge in [-0.25, -0.2) is 4.79 Å². The van der Waals surface area contributed by atoms with Gasteiger partial charge in [0.2, 0.25) is 12.6 Å². The highest BCUT2D eigenvalue weighted by molar-refractivity contribution is 6.03. The second-order valence-electron chi connectivity index (χ2n) is 20.5. The zero-order chi connectivity index (χ0) is 53.1. The molecule has 1 amide bonds. The fourth-order valence-electron chi connectivity index (χ4n) is 11.6. The Labute approximate surface area is 448 Å². The number of nitrogens with zero attached hydrogens (tertiary/aromatic N) is 3. The number of non-ortho nitro benzene ring substituents is 1. The van der Waals surface area contributed by atoms with Crippen molar-refractivity contribution in [1.29, 1.82) is 0 Å². The van der Waals surface area contributed by atoms with Crippen LogP contribution in [-0.2, 0) is 27.5 Å². The van der Waals surface area contributed by atoms with Gasteiger partial charge in [-0.1, -0.05) is 137 Å². The second kappa shape index (κ2) is 28.1. The van der Waals surface area contributed by atoms with E-state index in [4.69, 9.17) is 38.4 Å². The van der Waals surface area contributed by atoms with Gasteiger partial charge in [0.05, 0.1) is 35.8 Å². The van der Waals surface area contributed by atoms with E-state index in [1.54, 1.807) is 29.2 Å². The van der Waals surface area contributed by atoms with Crippen molar-refractivity contribution in [3.8, 4) is 28.7 Å². The van der Waals surface area contributed by atoms with Crippen LogP contribution in [-0.4, -0.2) is 76.9 Å². The quantitative estimate of drug-likeness (QED) is 0.0211. The first-order chi connectivity index (χ1) is 37.3. The van der Waals surface area contributed by atoms with E-state index < -0.39 is 28.8 Å². The molecule has 2 aliphatic carbocycles. The molecule has 408 valence electrons. The first-order valence-electron chi connectivity index (χ1n) is 27.7. The van der Waals surface area contributed by atoms with Crippen LogP contribution in [0.5, 0.6) is 28.7 Å². The number of rotatable bonds is 31. The molecule has 2 aliphatic heterocycles. The van der Waals surface area contributed by atoms with Crippen molar-refractivity contribution in [3.05, 3.63) is 142 Å². The van der Waals surface area contributed by atoms with E-state index in [1.807, 2.05) is 60.7 Å². The van der Waals surface area contributed by atoms with Crippen LogP contribution in [0.25, 0.3) is 0 Å². The Morgan fingerprint density at radius 2 is 1.54 bits per heavy atom. The molecule has 1 saturated carbocycles. The maximum atomic E-state index is 15.3. The van der Waals surface area contributed by atoms with E-state index >= 15 is 4.79 Å². The number of nitro groups is 1. The minimum Gasteiger partial charge on any atom is -0.459 e. The summed E-state index contributed by atoms with van der Waals surface area (Å²) >= 11 is 0. The number of benzene rings is 4. The van der Waals surface area contributed by atoms with Crippen molar-refractivity contribution in [1.82, 2.24) is 4.90 Å². The predicted molar refractivity (Wildman–Crippen MR) is 291 cm³/mol. The van der Waals surface area contributed by atoms with Gasteiger partial charge in [-0.3, -0.25) is 15.0 Å². The number of nitro benzene ring substituents is 1. The van der Waals surface area contributed by atoms with Gasteiger partial charge < -0.3 is 43.5 Å². The monoisotopic (exact) mass is 1040 g/mol. The summed E-state index contributed by atoms with van der Waals surface area (Å²) in [7, 11) is 0. The lowest BCUT2D eigenvalue weighted by molar-refractivity contribution is -0.384. The lowest BCUT2D eigenvalue weighted by atomic mass is 9.55. The van der Waals surface area contributed by atoms with Crippen LogP contribution in [0.1, 0.15) is 139 Å². The normalized spacial score (nSPS) is 21.4. The van der Waals surface area contributed by atoms with Crippen LogP contribution in [0, 0.1) is 27.9 Å². The smallest absolute Gasteiger partial charge is 0.410 e. The largest absolute Gasteiger partial charge is 0.459 e. The lowest BCUT2D eigenvalue weighted by Gasteiger charge is -2.59. The summed E-state index contributed by atoms with van der Waals surface area (Å²) in [5.74, 6) is -0.0949. The molecule has 6 atom stereocenters. The van der Waals surface area contributed by atoms with Crippen LogP contribution in [0.15, 0.2) is 120 Å². The molecule has 8 rings (SSSR count). The molecule has 0 saturated heterocycles.